The molecule has 122 valence electrons. The zero-order chi connectivity index (χ0) is 16.4. The normalized spacial score (nSPS) is 13.7. The van der Waals surface area contributed by atoms with Crippen LogP contribution in [0.3, 0.4) is 0 Å². The number of halogens is 1. The van der Waals surface area contributed by atoms with Crippen LogP contribution < -0.4 is 9.47 Å². The van der Waals surface area contributed by atoms with Crippen LogP contribution in [0.1, 0.15) is 28.8 Å². The lowest BCUT2D eigenvalue weighted by Gasteiger charge is -2.23. The second-order valence-corrected chi connectivity index (χ2v) is 7.43. The molecule has 1 aromatic carbocycles. The summed E-state index contributed by atoms with van der Waals surface area (Å²) in [4.78, 5) is 15.0. The maximum Gasteiger partial charge on any atom is 0.255 e. The van der Waals surface area contributed by atoms with Gasteiger partial charge in [-0.1, -0.05) is 0 Å². The maximum atomic E-state index is 13.1. The summed E-state index contributed by atoms with van der Waals surface area (Å²) in [5.74, 6) is 1.29. The lowest BCUT2D eigenvalue weighted by molar-refractivity contribution is 0.0728. The minimum atomic E-state index is 0.0593. The van der Waals surface area contributed by atoms with E-state index in [-0.39, 0.29) is 5.91 Å². The van der Waals surface area contributed by atoms with E-state index in [4.69, 9.17) is 9.47 Å². The van der Waals surface area contributed by atoms with Crippen molar-refractivity contribution in [3.05, 3.63) is 43.7 Å². The number of rotatable bonds is 6. The Morgan fingerprint density at radius 3 is 2.57 bits per heavy atom. The molecule has 0 bridgehead atoms. The van der Waals surface area contributed by atoms with Crippen LogP contribution >= 0.6 is 33.9 Å². The minimum Gasteiger partial charge on any atom is -0.493 e. The molecule has 0 saturated heterocycles. The summed E-state index contributed by atoms with van der Waals surface area (Å²) in [7, 11) is 3.19. The van der Waals surface area contributed by atoms with Gasteiger partial charge in [0.1, 0.15) is 0 Å². The Balaban J connectivity index is 1.90. The smallest absolute Gasteiger partial charge is 0.255 e. The molecule has 1 saturated carbocycles. The van der Waals surface area contributed by atoms with Gasteiger partial charge in [0, 0.05) is 16.2 Å². The van der Waals surface area contributed by atoms with E-state index >= 15 is 0 Å². The number of methoxy groups -OCH3 is 2. The number of nitrogens with zero attached hydrogens (tertiary/aromatic N) is 1. The number of amides is 1. The van der Waals surface area contributed by atoms with E-state index < -0.39 is 0 Å². The van der Waals surface area contributed by atoms with Crippen LogP contribution in [0.15, 0.2) is 29.0 Å². The van der Waals surface area contributed by atoms with Crippen LogP contribution in [-0.4, -0.2) is 31.1 Å². The second-order valence-electron chi connectivity index (χ2n) is 5.48. The van der Waals surface area contributed by atoms with E-state index in [0.29, 0.717) is 29.6 Å². The molecule has 1 fully saturated rings. The molecule has 1 aromatic heterocycles. The van der Waals surface area contributed by atoms with E-state index in [1.54, 1.807) is 31.6 Å². The lowest BCUT2D eigenvalue weighted by atomic mass is 10.1. The molecule has 0 spiro atoms. The number of thiophene rings is 1. The zero-order valence-corrected chi connectivity index (χ0v) is 16.0. The third-order valence-electron chi connectivity index (χ3n) is 3.89. The number of benzene rings is 1. The Morgan fingerprint density at radius 1 is 1.30 bits per heavy atom. The topological polar surface area (TPSA) is 38.8 Å². The molecule has 1 heterocycles. The van der Waals surface area contributed by atoms with Crippen molar-refractivity contribution in [3.8, 4) is 11.5 Å². The standard InChI is InChI=1S/C17H18INO3S/c1-21-15-7-13(14(18)8-16(15)22-2)17(20)19(12-3-4-12)9-11-5-6-23-10-11/h5-8,10,12H,3-4,9H2,1-2H3. The van der Waals surface area contributed by atoms with Gasteiger partial charge in [0.25, 0.3) is 5.91 Å². The molecule has 0 aliphatic heterocycles. The number of ether oxygens (including phenoxy) is 2. The number of hydrogen-bond acceptors (Lipinski definition) is 4. The highest BCUT2D eigenvalue weighted by Crippen LogP contribution is 2.35. The summed E-state index contributed by atoms with van der Waals surface area (Å²) in [6, 6.07) is 6.06. The van der Waals surface area contributed by atoms with Crippen molar-refractivity contribution in [2.24, 2.45) is 0 Å². The monoisotopic (exact) mass is 443 g/mol. The van der Waals surface area contributed by atoms with Gasteiger partial charge in [-0.25, -0.2) is 0 Å². The Bertz CT molecular complexity index is 698. The molecule has 2 aromatic rings. The third-order valence-corrected chi connectivity index (χ3v) is 5.51. The first-order valence-electron chi connectivity index (χ1n) is 7.37. The highest BCUT2D eigenvalue weighted by Gasteiger charge is 2.34. The fraction of sp³-hybridized carbons (Fsp3) is 0.353. The van der Waals surface area contributed by atoms with Crippen molar-refractivity contribution < 1.29 is 14.3 Å². The molecule has 1 amide bonds. The van der Waals surface area contributed by atoms with Crippen molar-refractivity contribution in [3.63, 3.8) is 0 Å². The van der Waals surface area contributed by atoms with E-state index in [1.165, 1.54) is 5.56 Å². The molecule has 0 unspecified atom stereocenters. The molecule has 0 radical (unpaired) electrons. The Kier molecular flexibility index (Phi) is 5.11. The maximum absolute atomic E-state index is 13.1. The molecule has 23 heavy (non-hydrogen) atoms. The highest BCUT2D eigenvalue weighted by molar-refractivity contribution is 14.1. The first-order valence-corrected chi connectivity index (χ1v) is 9.39. The van der Waals surface area contributed by atoms with Crippen LogP contribution in [-0.2, 0) is 6.54 Å². The van der Waals surface area contributed by atoms with Gasteiger partial charge in [0.05, 0.1) is 19.8 Å². The minimum absolute atomic E-state index is 0.0593. The van der Waals surface area contributed by atoms with Gasteiger partial charge in [0.15, 0.2) is 11.5 Å². The van der Waals surface area contributed by atoms with Gasteiger partial charge >= 0.3 is 0 Å². The van der Waals surface area contributed by atoms with E-state index in [2.05, 4.69) is 34.0 Å². The summed E-state index contributed by atoms with van der Waals surface area (Å²) in [6.07, 6.45) is 2.17. The van der Waals surface area contributed by atoms with Gasteiger partial charge < -0.3 is 14.4 Å². The van der Waals surface area contributed by atoms with Crippen LogP contribution in [0.25, 0.3) is 0 Å². The van der Waals surface area contributed by atoms with Gasteiger partial charge in [-0.2, -0.15) is 11.3 Å². The average Bonchev–Trinajstić information content (AvgIpc) is 3.27. The lowest BCUT2D eigenvalue weighted by Crippen LogP contribution is -2.33. The van der Waals surface area contributed by atoms with Crippen molar-refractivity contribution in [1.29, 1.82) is 0 Å². The van der Waals surface area contributed by atoms with E-state index in [0.717, 1.165) is 16.4 Å². The van der Waals surface area contributed by atoms with Crippen molar-refractivity contribution in [2.75, 3.05) is 14.2 Å². The molecule has 3 rings (SSSR count). The van der Waals surface area contributed by atoms with Crippen LogP contribution in [0, 0.1) is 3.57 Å². The van der Waals surface area contributed by atoms with Gasteiger partial charge in [-0.3, -0.25) is 4.79 Å². The summed E-state index contributed by atoms with van der Waals surface area (Å²) in [5.41, 5.74) is 1.86. The fourth-order valence-electron chi connectivity index (χ4n) is 2.51. The van der Waals surface area contributed by atoms with E-state index in [9.17, 15) is 4.79 Å². The molecular formula is C17H18INO3S. The Hall–Kier alpha value is -1.28. The van der Waals surface area contributed by atoms with E-state index in [1.807, 2.05) is 16.3 Å². The highest BCUT2D eigenvalue weighted by atomic mass is 127. The number of carbonyl (C=O) groups is 1. The van der Waals surface area contributed by atoms with Gasteiger partial charge in [-0.05, 0) is 70.0 Å². The van der Waals surface area contributed by atoms with Gasteiger partial charge in [-0.15, -0.1) is 0 Å². The zero-order valence-electron chi connectivity index (χ0n) is 13.0. The molecule has 6 heteroatoms. The molecule has 0 N–H and O–H groups in total. The summed E-state index contributed by atoms with van der Waals surface area (Å²) in [6.45, 7) is 0.664. The Morgan fingerprint density at radius 2 is 2.00 bits per heavy atom. The fourth-order valence-corrected chi connectivity index (χ4v) is 3.83. The Labute approximate surface area is 153 Å². The first kappa shape index (κ1) is 16.6. The van der Waals surface area contributed by atoms with Crippen molar-refractivity contribution >= 4 is 39.8 Å². The quantitative estimate of drug-likeness (QED) is 0.630. The molecule has 1 aliphatic carbocycles. The molecule has 4 nitrogen and oxygen atoms in total. The second kappa shape index (κ2) is 7.09. The van der Waals surface area contributed by atoms with Gasteiger partial charge in [0.2, 0.25) is 0 Å². The molecular weight excluding hydrogens is 425 g/mol. The molecule has 1 aliphatic rings. The van der Waals surface area contributed by atoms with Crippen LogP contribution in [0.5, 0.6) is 11.5 Å². The van der Waals surface area contributed by atoms with Crippen LogP contribution in [0.2, 0.25) is 0 Å². The molecule has 0 atom stereocenters. The largest absolute Gasteiger partial charge is 0.493 e. The number of carbonyl (C=O) groups excluding carboxylic acids is 1. The predicted octanol–water partition coefficient (Wildman–Crippen LogP) is 4.17. The summed E-state index contributed by atoms with van der Waals surface area (Å²) < 4.78 is 11.5. The van der Waals surface area contributed by atoms with Crippen molar-refractivity contribution in [2.45, 2.75) is 25.4 Å². The third kappa shape index (κ3) is 3.63. The SMILES string of the molecule is COc1cc(I)c(C(=O)N(Cc2ccsc2)C2CC2)cc1OC. The predicted molar refractivity (Wildman–Crippen MR) is 99.5 cm³/mol. The number of hydrogen-bond donors (Lipinski definition) is 0. The summed E-state index contributed by atoms with van der Waals surface area (Å²) >= 11 is 3.84. The average molecular weight is 443 g/mol. The van der Waals surface area contributed by atoms with Crippen molar-refractivity contribution in [1.82, 2.24) is 4.90 Å². The first-order chi connectivity index (χ1) is 11.1. The summed E-state index contributed by atoms with van der Waals surface area (Å²) in [5, 5.41) is 4.15. The van der Waals surface area contributed by atoms with Crippen LogP contribution in [0.4, 0.5) is 0 Å².